The largest absolute Gasteiger partial charge is 0.478 e. The number of pyridine rings is 2. The van der Waals surface area contributed by atoms with Gasteiger partial charge in [0.05, 0.1) is 16.6 Å². The molecule has 0 aliphatic rings. The summed E-state index contributed by atoms with van der Waals surface area (Å²) >= 11 is 0. The van der Waals surface area contributed by atoms with Gasteiger partial charge in [-0.05, 0) is 82.3 Å². The van der Waals surface area contributed by atoms with Crippen LogP contribution >= 0.6 is 0 Å². The van der Waals surface area contributed by atoms with Crippen LogP contribution in [0.4, 0.5) is 0 Å². The zero-order valence-electron chi connectivity index (χ0n) is 21.8. The first kappa shape index (κ1) is 25.6. The van der Waals surface area contributed by atoms with Crippen LogP contribution in [0.15, 0.2) is 97.1 Å². The van der Waals surface area contributed by atoms with Gasteiger partial charge >= 0.3 is 11.9 Å². The van der Waals surface area contributed by atoms with E-state index in [1.807, 2.05) is 55.5 Å². The summed E-state index contributed by atoms with van der Waals surface area (Å²) in [5.74, 6) is -2.15. The summed E-state index contributed by atoms with van der Waals surface area (Å²) in [6.45, 7) is 1.89. The summed E-state index contributed by atoms with van der Waals surface area (Å²) < 4.78 is 0. The molecule has 0 radical (unpaired) electrons. The molecule has 0 unspecified atom stereocenters. The maximum Gasteiger partial charge on any atom is 0.354 e. The monoisotopic (exact) mass is 538 g/mol. The summed E-state index contributed by atoms with van der Waals surface area (Å²) in [4.78, 5) is 42.8. The van der Waals surface area contributed by atoms with Crippen LogP contribution in [-0.4, -0.2) is 38.4 Å². The van der Waals surface area contributed by atoms with Crippen molar-refractivity contribution >= 4 is 40.0 Å². The summed E-state index contributed by atoms with van der Waals surface area (Å²) in [7, 11) is 0. The fraction of sp³-hybridized carbons (Fsp3) is 0.0294. The maximum absolute atomic E-state index is 11.8. The molecular weight excluding hydrogens is 516 g/mol. The van der Waals surface area contributed by atoms with E-state index in [1.54, 1.807) is 18.2 Å². The zero-order chi connectivity index (χ0) is 28.7. The lowest BCUT2D eigenvalue weighted by Crippen LogP contribution is -2.01. The Morgan fingerprint density at radius 1 is 0.585 bits per heavy atom. The lowest BCUT2D eigenvalue weighted by atomic mass is 9.96. The first-order chi connectivity index (χ1) is 19.8. The number of nitrogens with zero attached hydrogens (tertiary/aromatic N) is 2. The van der Waals surface area contributed by atoms with Gasteiger partial charge in [0.15, 0.2) is 6.29 Å². The number of aromatic nitrogens is 2. The van der Waals surface area contributed by atoms with Gasteiger partial charge in [0, 0.05) is 10.8 Å². The third kappa shape index (κ3) is 4.81. The Hall–Kier alpha value is -5.69. The molecule has 0 saturated carbocycles. The van der Waals surface area contributed by atoms with E-state index in [9.17, 15) is 24.6 Å². The van der Waals surface area contributed by atoms with E-state index in [0.29, 0.717) is 22.7 Å². The van der Waals surface area contributed by atoms with Crippen molar-refractivity contribution < 1.29 is 24.6 Å². The predicted octanol–water partition coefficient (Wildman–Crippen LogP) is 7.30. The number of aryl methyl sites for hydroxylation is 1. The molecule has 0 spiro atoms. The van der Waals surface area contributed by atoms with Gasteiger partial charge in [0.1, 0.15) is 11.4 Å². The molecule has 6 aromatic rings. The van der Waals surface area contributed by atoms with Gasteiger partial charge in [-0.15, -0.1) is 0 Å². The molecule has 0 amide bonds. The van der Waals surface area contributed by atoms with Crippen molar-refractivity contribution in [2.24, 2.45) is 0 Å². The van der Waals surface area contributed by atoms with Gasteiger partial charge in [-0.25, -0.2) is 19.6 Å². The third-order valence-corrected chi connectivity index (χ3v) is 7.18. The second-order valence-electron chi connectivity index (χ2n) is 9.77. The van der Waals surface area contributed by atoms with Crippen molar-refractivity contribution in [3.63, 3.8) is 0 Å². The van der Waals surface area contributed by atoms with Gasteiger partial charge in [-0.2, -0.15) is 0 Å². The van der Waals surface area contributed by atoms with Gasteiger partial charge in [-0.1, -0.05) is 60.7 Å². The van der Waals surface area contributed by atoms with Gasteiger partial charge in [0.2, 0.25) is 0 Å². The van der Waals surface area contributed by atoms with Crippen molar-refractivity contribution in [3.8, 4) is 33.4 Å². The van der Waals surface area contributed by atoms with Crippen molar-refractivity contribution in [3.05, 3.63) is 120 Å². The van der Waals surface area contributed by atoms with Crippen LogP contribution in [-0.2, 0) is 0 Å². The molecule has 0 aliphatic heterocycles. The zero-order valence-corrected chi connectivity index (χ0v) is 21.8. The molecule has 41 heavy (non-hydrogen) atoms. The van der Waals surface area contributed by atoms with Crippen LogP contribution in [0.2, 0.25) is 0 Å². The molecule has 2 heterocycles. The third-order valence-electron chi connectivity index (χ3n) is 7.18. The quantitative estimate of drug-likeness (QED) is 0.214. The average Bonchev–Trinajstić information content (AvgIpc) is 3.00. The minimum absolute atomic E-state index is 0.0361. The Morgan fingerprint density at radius 3 is 1.54 bits per heavy atom. The summed E-state index contributed by atoms with van der Waals surface area (Å²) in [5.41, 5.74) is 8.02. The molecule has 0 atom stereocenters. The molecule has 4 aromatic carbocycles. The Kier molecular flexibility index (Phi) is 6.32. The molecule has 7 nitrogen and oxygen atoms in total. The maximum atomic E-state index is 11.8. The number of aldehydes is 1. The standard InChI is InChI=1S/C34H22N2O5/c1-19-14-32(34(40)41)36-30-12-10-24(15-27(19)30)22-6-2-20(3-7-22)21-4-8-23(9-5-21)25-11-13-31-28(16-25)29(33(38)39)17-26(18-37)35-31/h2-18H,1H3,(H,38,39)(H,40,41). The van der Waals surface area contributed by atoms with E-state index in [-0.39, 0.29) is 17.0 Å². The number of benzene rings is 4. The molecule has 0 fully saturated rings. The minimum atomic E-state index is -1.11. The van der Waals surface area contributed by atoms with Crippen LogP contribution in [0.3, 0.4) is 0 Å². The van der Waals surface area contributed by atoms with Crippen LogP contribution in [0.25, 0.3) is 55.2 Å². The van der Waals surface area contributed by atoms with E-state index < -0.39 is 11.9 Å². The molecule has 2 N–H and O–H groups in total. The van der Waals surface area contributed by atoms with Crippen LogP contribution < -0.4 is 0 Å². The number of carbonyl (C=O) groups is 3. The van der Waals surface area contributed by atoms with E-state index in [4.69, 9.17) is 0 Å². The topological polar surface area (TPSA) is 117 Å². The number of carboxylic acid groups (broad SMARTS) is 2. The number of carboxylic acids is 2. The Labute approximate surface area is 234 Å². The molecule has 7 heteroatoms. The van der Waals surface area contributed by atoms with Gasteiger partial charge in [0.25, 0.3) is 0 Å². The lowest BCUT2D eigenvalue weighted by molar-refractivity contribution is 0.0683. The summed E-state index contributed by atoms with van der Waals surface area (Å²) in [6.07, 6.45) is 0.545. The Morgan fingerprint density at radius 2 is 1.05 bits per heavy atom. The van der Waals surface area contributed by atoms with Crippen LogP contribution in [0.1, 0.15) is 36.9 Å². The molecule has 198 valence electrons. The minimum Gasteiger partial charge on any atom is -0.478 e. The van der Waals surface area contributed by atoms with Crippen LogP contribution in [0.5, 0.6) is 0 Å². The fourth-order valence-corrected chi connectivity index (χ4v) is 5.06. The average molecular weight is 539 g/mol. The molecule has 2 aromatic heterocycles. The highest BCUT2D eigenvalue weighted by atomic mass is 16.4. The number of aromatic carboxylic acids is 2. The highest BCUT2D eigenvalue weighted by Crippen LogP contribution is 2.31. The number of rotatable bonds is 6. The van der Waals surface area contributed by atoms with Crippen molar-refractivity contribution in [1.29, 1.82) is 0 Å². The van der Waals surface area contributed by atoms with Crippen molar-refractivity contribution in [2.45, 2.75) is 6.92 Å². The number of carbonyl (C=O) groups excluding carboxylic acids is 1. The normalized spacial score (nSPS) is 11.0. The second kappa shape index (κ2) is 10.1. The highest BCUT2D eigenvalue weighted by molar-refractivity contribution is 6.05. The predicted molar refractivity (Wildman–Crippen MR) is 157 cm³/mol. The highest BCUT2D eigenvalue weighted by Gasteiger charge is 2.14. The SMILES string of the molecule is Cc1cc(C(=O)O)nc2ccc(-c3ccc(-c4ccc(-c5ccc6nc(C=O)cc(C(=O)O)c6c5)cc4)cc3)cc12. The number of hydrogen-bond donors (Lipinski definition) is 2. The Balaban J connectivity index is 1.27. The number of fused-ring (bicyclic) bond motifs is 2. The molecule has 0 saturated heterocycles. The van der Waals surface area contributed by atoms with Crippen molar-refractivity contribution in [2.75, 3.05) is 0 Å². The van der Waals surface area contributed by atoms with Gasteiger partial charge in [-0.3, -0.25) is 4.79 Å². The summed E-state index contributed by atoms with van der Waals surface area (Å²) in [5, 5.41) is 20.3. The lowest BCUT2D eigenvalue weighted by Gasteiger charge is -2.10. The van der Waals surface area contributed by atoms with E-state index >= 15 is 0 Å². The molecule has 0 aliphatic carbocycles. The van der Waals surface area contributed by atoms with E-state index in [2.05, 4.69) is 34.2 Å². The smallest absolute Gasteiger partial charge is 0.354 e. The van der Waals surface area contributed by atoms with Crippen molar-refractivity contribution in [1.82, 2.24) is 9.97 Å². The molecule has 0 bridgehead atoms. The van der Waals surface area contributed by atoms with Crippen LogP contribution in [0, 0.1) is 6.92 Å². The molecular formula is C34H22N2O5. The Bertz CT molecular complexity index is 2010. The first-order valence-electron chi connectivity index (χ1n) is 12.8. The second-order valence-corrected chi connectivity index (χ2v) is 9.77. The summed E-state index contributed by atoms with van der Waals surface area (Å²) in [6, 6.07) is 30.3. The first-order valence-corrected chi connectivity index (χ1v) is 12.8. The van der Waals surface area contributed by atoms with Gasteiger partial charge < -0.3 is 10.2 Å². The van der Waals surface area contributed by atoms with E-state index in [1.165, 1.54) is 6.07 Å². The van der Waals surface area contributed by atoms with E-state index in [0.717, 1.165) is 44.3 Å². The number of hydrogen-bond acceptors (Lipinski definition) is 5. The fourth-order valence-electron chi connectivity index (χ4n) is 5.06. The molecule has 6 rings (SSSR count).